The summed E-state index contributed by atoms with van der Waals surface area (Å²) in [6.07, 6.45) is 0. The van der Waals surface area contributed by atoms with Gasteiger partial charge in [0.2, 0.25) is 0 Å². The second-order valence-corrected chi connectivity index (χ2v) is 27.5. The number of furan rings is 4. The number of benzene rings is 14. The molecular formula is C96H64N12O12. The summed E-state index contributed by atoms with van der Waals surface area (Å²) in [5.41, 5.74) is 11.4. The van der Waals surface area contributed by atoms with Gasteiger partial charge in [-0.05, 0) is 143 Å². The SMILES string of the molecule is COc1nc(-c2ccc3c(c2)oc2ccc4ccccc4c23)nc(-c2ccccc2O)n1.COc1nc(-c2ccc3oc4cc5ccccc5cc4c3c2)nc(-c2ccccc2O)n1.COc1nc(-c2ccccc2O)nc(-c2cccc3c2oc2ccccc23)n1.COc1nc(-c2ccccc2O)nc(-c2cccc3oc4ccccc4c23)n1. The molecule has 8 heterocycles. The maximum atomic E-state index is 10.3. The molecule has 14 aromatic carbocycles. The molecule has 0 aliphatic heterocycles. The van der Waals surface area contributed by atoms with Gasteiger partial charge in [-0.25, -0.2) is 19.9 Å². The van der Waals surface area contributed by atoms with Crippen LogP contribution in [0.15, 0.2) is 309 Å². The highest BCUT2D eigenvalue weighted by Gasteiger charge is 2.24. The smallest absolute Gasteiger partial charge is 0.320 e. The highest BCUT2D eigenvalue weighted by atomic mass is 16.5. The lowest BCUT2D eigenvalue weighted by atomic mass is 10.0. The first-order chi connectivity index (χ1) is 58.9. The van der Waals surface area contributed by atoms with Gasteiger partial charge in [0, 0.05) is 59.8 Å². The van der Waals surface area contributed by atoms with Gasteiger partial charge in [0.1, 0.15) is 67.7 Å². The molecule has 0 radical (unpaired) electrons. The van der Waals surface area contributed by atoms with E-state index in [1.165, 1.54) is 33.8 Å². The molecule has 4 N–H and O–H groups in total. The van der Waals surface area contributed by atoms with Gasteiger partial charge in [0.15, 0.2) is 46.6 Å². The van der Waals surface area contributed by atoms with Crippen LogP contribution in [0.3, 0.4) is 0 Å². The van der Waals surface area contributed by atoms with E-state index in [1.54, 1.807) is 72.8 Å². The number of phenols is 4. The van der Waals surface area contributed by atoms with Crippen LogP contribution in [0.2, 0.25) is 0 Å². The van der Waals surface area contributed by atoms with Crippen molar-refractivity contribution >= 4 is 109 Å². The van der Waals surface area contributed by atoms with Crippen LogP contribution < -0.4 is 18.9 Å². The number of aromatic hydroxyl groups is 4. The maximum absolute atomic E-state index is 10.3. The molecule has 8 aromatic heterocycles. The van der Waals surface area contributed by atoms with Gasteiger partial charge in [-0.3, -0.25) is 0 Å². The van der Waals surface area contributed by atoms with Crippen molar-refractivity contribution in [2.45, 2.75) is 0 Å². The van der Waals surface area contributed by atoms with Crippen molar-refractivity contribution in [1.82, 2.24) is 59.8 Å². The van der Waals surface area contributed by atoms with Crippen molar-refractivity contribution in [3.8, 4) is 138 Å². The lowest BCUT2D eigenvalue weighted by Crippen LogP contribution is -2.01. The molecule has 0 amide bonds. The fraction of sp³-hybridized carbons (Fsp3) is 0.0417. The number of ether oxygens (including phenoxy) is 4. The average Bonchev–Trinajstić information content (AvgIpc) is 1.59. The Morgan fingerprint density at radius 3 is 1.11 bits per heavy atom. The number of phenolic OH excluding ortho intramolecular Hbond substituents is 4. The third kappa shape index (κ3) is 13.9. The zero-order valence-electron chi connectivity index (χ0n) is 64.1. The van der Waals surface area contributed by atoms with Crippen LogP contribution in [-0.2, 0) is 0 Å². The number of methoxy groups -OCH3 is 4. The Hall–Kier alpha value is -16.8. The first-order valence-corrected chi connectivity index (χ1v) is 37.7. The van der Waals surface area contributed by atoms with Crippen molar-refractivity contribution in [1.29, 1.82) is 0 Å². The van der Waals surface area contributed by atoms with Crippen LogP contribution >= 0.6 is 0 Å². The number of aromatic nitrogens is 12. The molecule has 24 nitrogen and oxygen atoms in total. The fourth-order valence-corrected chi connectivity index (χ4v) is 14.6. The fourth-order valence-electron chi connectivity index (χ4n) is 14.6. The Morgan fingerprint density at radius 2 is 0.550 bits per heavy atom. The lowest BCUT2D eigenvalue weighted by molar-refractivity contribution is 0.379. The molecule has 0 saturated heterocycles. The van der Waals surface area contributed by atoms with Crippen molar-refractivity contribution in [3.63, 3.8) is 0 Å². The average molecular weight is 1580 g/mol. The number of para-hydroxylation sites is 7. The number of fused-ring (bicyclic) bond motifs is 15. The zero-order chi connectivity index (χ0) is 81.5. The molecule has 580 valence electrons. The molecule has 0 fully saturated rings. The van der Waals surface area contributed by atoms with Crippen molar-refractivity contribution in [3.05, 3.63) is 291 Å². The summed E-state index contributed by atoms with van der Waals surface area (Å²) in [5.74, 6) is 3.44. The summed E-state index contributed by atoms with van der Waals surface area (Å²) < 4.78 is 45.5. The summed E-state index contributed by atoms with van der Waals surface area (Å²) in [4.78, 5) is 53.4. The Bertz CT molecular complexity index is 7730. The van der Waals surface area contributed by atoms with E-state index in [0.29, 0.717) is 74.4 Å². The Balaban J connectivity index is 0.000000106. The summed E-state index contributed by atoms with van der Waals surface area (Å²) in [6, 6.07) is 92.1. The van der Waals surface area contributed by atoms with Crippen LogP contribution in [-0.4, -0.2) is 109 Å². The minimum absolute atomic E-state index is 0.0867. The van der Waals surface area contributed by atoms with Crippen LogP contribution in [0.5, 0.6) is 47.0 Å². The summed E-state index contributed by atoms with van der Waals surface area (Å²) in [7, 11) is 6.00. The highest BCUT2D eigenvalue weighted by molar-refractivity contribution is 6.19. The van der Waals surface area contributed by atoms with Crippen molar-refractivity contribution in [2.24, 2.45) is 0 Å². The van der Waals surface area contributed by atoms with E-state index >= 15 is 0 Å². The summed E-state index contributed by atoms with van der Waals surface area (Å²) in [6.45, 7) is 0. The number of nitrogens with zero attached hydrogens (tertiary/aromatic N) is 12. The molecule has 0 aliphatic carbocycles. The minimum Gasteiger partial charge on any atom is -0.507 e. The molecule has 0 bridgehead atoms. The van der Waals surface area contributed by atoms with E-state index in [-0.39, 0.29) is 47.0 Å². The minimum atomic E-state index is 0.0867. The Morgan fingerprint density at radius 1 is 0.208 bits per heavy atom. The summed E-state index contributed by atoms with van der Waals surface area (Å²) >= 11 is 0. The van der Waals surface area contributed by atoms with Gasteiger partial charge in [-0.2, -0.15) is 39.9 Å². The highest BCUT2D eigenvalue weighted by Crippen LogP contribution is 2.43. The normalized spacial score (nSPS) is 11.3. The van der Waals surface area contributed by atoms with Crippen LogP contribution in [0.25, 0.3) is 200 Å². The molecule has 0 unspecified atom stereocenters. The van der Waals surface area contributed by atoms with Gasteiger partial charge in [0.05, 0.1) is 56.3 Å². The third-order valence-electron chi connectivity index (χ3n) is 20.3. The predicted molar refractivity (Wildman–Crippen MR) is 460 cm³/mol. The molecular weight excluding hydrogens is 1510 g/mol. The number of hydrogen-bond donors (Lipinski definition) is 4. The van der Waals surface area contributed by atoms with Crippen LogP contribution in [0.1, 0.15) is 0 Å². The Kier molecular flexibility index (Phi) is 19.1. The molecule has 22 aromatic rings. The van der Waals surface area contributed by atoms with E-state index in [9.17, 15) is 20.4 Å². The number of rotatable bonds is 12. The molecule has 0 atom stereocenters. The monoisotopic (exact) mass is 1580 g/mol. The second-order valence-electron chi connectivity index (χ2n) is 27.5. The van der Waals surface area contributed by atoms with Gasteiger partial charge in [-0.15, -0.1) is 0 Å². The van der Waals surface area contributed by atoms with E-state index in [4.69, 9.17) is 36.6 Å². The van der Waals surface area contributed by atoms with E-state index in [0.717, 1.165) is 121 Å². The van der Waals surface area contributed by atoms with Crippen molar-refractivity contribution < 1.29 is 57.0 Å². The van der Waals surface area contributed by atoms with E-state index in [1.807, 2.05) is 176 Å². The first kappa shape index (κ1) is 73.4. The van der Waals surface area contributed by atoms with Crippen molar-refractivity contribution in [2.75, 3.05) is 28.4 Å². The quantitative estimate of drug-likeness (QED) is 0.0883. The Labute approximate surface area is 680 Å². The van der Waals surface area contributed by atoms with Crippen LogP contribution in [0, 0.1) is 0 Å². The molecule has 0 aliphatic rings. The van der Waals surface area contributed by atoms with Crippen LogP contribution in [0.4, 0.5) is 0 Å². The molecule has 120 heavy (non-hydrogen) atoms. The predicted octanol–water partition coefficient (Wildman–Crippen LogP) is 21.6. The molecule has 24 heteroatoms. The largest absolute Gasteiger partial charge is 0.507 e. The maximum Gasteiger partial charge on any atom is 0.320 e. The third-order valence-corrected chi connectivity index (χ3v) is 20.3. The van der Waals surface area contributed by atoms with Gasteiger partial charge < -0.3 is 57.0 Å². The molecule has 0 spiro atoms. The standard InChI is InChI=1S/2C26H17N3O3.2C22H15N3O3/c1-31-26-28-24(27-25(29-26)18-8-4-5-9-20(18)30)16-10-12-19-22(14-16)32-21-13-11-15-6-2-3-7-17(15)23(19)21;1-31-26-28-24(27-25(29-26)18-8-4-5-9-21(18)30)17-10-11-22-19(13-17)20-12-15-6-2-3-7-16(15)14-23(20)32-22;1-27-22-24-20(15-8-2-4-11-17(15)26)23-21(25-22)16-10-6-9-14-13-7-3-5-12-18(13)28-19(14)16;1-27-22-24-20(13-7-2-4-10-16(13)26)23-21(25-22)15-9-6-12-18-19(15)14-8-3-5-11-17(14)28-18/h2*2-14,30H,1H3;2*2-12,26H,1H3. The first-order valence-electron chi connectivity index (χ1n) is 37.7. The molecule has 0 saturated carbocycles. The molecule has 22 rings (SSSR count). The second kappa shape index (κ2) is 31.2. The lowest BCUT2D eigenvalue weighted by Gasteiger charge is -2.08. The van der Waals surface area contributed by atoms with Gasteiger partial charge in [0.25, 0.3) is 0 Å². The topological polar surface area (TPSA) is 325 Å². The van der Waals surface area contributed by atoms with Gasteiger partial charge >= 0.3 is 24.0 Å². The number of hydrogen-bond acceptors (Lipinski definition) is 24. The van der Waals surface area contributed by atoms with E-state index in [2.05, 4.69) is 102 Å². The van der Waals surface area contributed by atoms with Gasteiger partial charge in [-0.1, -0.05) is 170 Å². The zero-order valence-corrected chi connectivity index (χ0v) is 64.1. The summed E-state index contributed by atoms with van der Waals surface area (Å²) in [5, 5.41) is 53.6. The van der Waals surface area contributed by atoms with E-state index < -0.39 is 0 Å².